The number of hydrogen-bond acceptors (Lipinski definition) is 6. The van der Waals surface area contributed by atoms with Crippen molar-refractivity contribution in [2.45, 2.75) is 316 Å². The Morgan fingerprint density at radius 1 is 0.267 bits per heavy atom. The van der Waals surface area contributed by atoms with E-state index >= 15 is 0 Å². The Morgan fingerprint density at radius 3 is 0.667 bits per heavy atom. The normalized spacial score (nSPS) is 11.8. The fourth-order valence-electron chi connectivity index (χ4n) is 8.27. The van der Waals surface area contributed by atoms with Crippen molar-refractivity contribution in [3.05, 3.63) is 0 Å². The topological polar surface area (TPSA) is 78.9 Å². The third-order valence-electron chi connectivity index (χ3n) is 12.4. The predicted octanol–water partition coefficient (Wildman–Crippen LogP) is 17.6. The summed E-state index contributed by atoms with van der Waals surface area (Å²) in [5.74, 6) is -0.838. The van der Waals surface area contributed by atoms with Crippen LogP contribution in [0.5, 0.6) is 0 Å². The Bertz CT molecular complexity index is 889. The van der Waals surface area contributed by atoms with Crippen LogP contribution in [0.1, 0.15) is 310 Å². The minimum atomic E-state index is -0.759. The van der Waals surface area contributed by atoms with E-state index < -0.39 is 6.10 Å². The van der Waals surface area contributed by atoms with Gasteiger partial charge >= 0.3 is 17.9 Å². The van der Waals surface area contributed by atoms with Crippen LogP contribution in [-0.2, 0) is 28.6 Å². The Balaban J connectivity index is 4.28. The molecule has 0 aromatic carbocycles. The molecular weight excluding hydrogens is 745 g/mol. The molecule has 356 valence electrons. The zero-order valence-electron chi connectivity index (χ0n) is 40.8. The number of carbonyl (C=O) groups excluding carboxylic acids is 3. The van der Waals surface area contributed by atoms with Crippen LogP contribution < -0.4 is 0 Å². The van der Waals surface area contributed by atoms with Crippen molar-refractivity contribution in [2.24, 2.45) is 0 Å². The van der Waals surface area contributed by atoms with E-state index in [1.807, 2.05) is 0 Å². The van der Waals surface area contributed by atoms with Crippen molar-refractivity contribution in [3.63, 3.8) is 0 Å². The molecule has 6 nitrogen and oxygen atoms in total. The van der Waals surface area contributed by atoms with Gasteiger partial charge in [0.1, 0.15) is 13.2 Å². The number of carbonyl (C=O) groups is 3. The van der Waals surface area contributed by atoms with E-state index in [0.29, 0.717) is 19.3 Å². The van der Waals surface area contributed by atoms with Crippen LogP contribution >= 0.6 is 0 Å². The average molecular weight is 849 g/mol. The molecule has 0 aromatic rings. The molecular formula is C54H104O6. The molecule has 0 saturated carbocycles. The van der Waals surface area contributed by atoms with E-state index in [9.17, 15) is 14.4 Å². The molecule has 0 amide bonds. The Morgan fingerprint density at radius 2 is 0.450 bits per heavy atom. The van der Waals surface area contributed by atoms with Gasteiger partial charge in [0.2, 0.25) is 0 Å². The molecule has 0 aliphatic rings. The van der Waals surface area contributed by atoms with Crippen LogP contribution in [-0.4, -0.2) is 37.2 Å². The summed E-state index contributed by atoms with van der Waals surface area (Å²) in [7, 11) is 0. The van der Waals surface area contributed by atoms with Gasteiger partial charge in [0.05, 0.1) is 0 Å². The van der Waals surface area contributed by atoms with Crippen LogP contribution in [0.15, 0.2) is 0 Å². The lowest BCUT2D eigenvalue weighted by Crippen LogP contribution is -2.30. The number of esters is 3. The van der Waals surface area contributed by atoms with Gasteiger partial charge in [0.25, 0.3) is 0 Å². The monoisotopic (exact) mass is 849 g/mol. The quantitative estimate of drug-likeness (QED) is 0.0345. The summed E-state index contributed by atoms with van der Waals surface area (Å²) in [5, 5.41) is 0. The van der Waals surface area contributed by atoms with Crippen LogP contribution in [0.3, 0.4) is 0 Å². The summed E-state index contributed by atoms with van der Waals surface area (Å²) < 4.78 is 16.8. The van der Waals surface area contributed by atoms with Crippen molar-refractivity contribution in [1.82, 2.24) is 0 Å². The Labute approximate surface area is 374 Å². The maximum absolute atomic E-state index is 12.8. The maximum Gasteiger partial charge on any atom is 0.306 e. The smallest absolute Gasteiger partial charge is 0.306 e. The number of hydrogen-bond donors (Lipinski definition) is 0. The summed E-state index contributed by atoms with van der Waals surface area (Å²) in [4.78, 5) is 38.0. The largest absolute Gasteiger partial charge is 0.462 e. The lowest BCUT2D eigenvalue weighted by atomic mass is 10.0. The second-order valence-electron chi connectivity index (χ2n) is 18.5. The van der Waals surface area contributed by atoms with Gasteiger partial charge in [0.15, 0.2) is 6.10 Å². The molecule has 0 unspecified atom stereocenters. The molecule has 0 fully saturated rings. The zero-order valence-corrected chi connectivity index (χ0v) is 40.8. The molecule has 0 saturated heterocycles. The highest BCUT2D eigenvalue weighted by Gasteiger charge is 2.19. The molecule has 0 bridgehead atoms. The standard InChI is InChI=1S/C54H104O6/c1-4-7-10-13-16-19-22-24-26-28-29-32-35-38-41-44-47-53(56)59-50-51(49-58-52(55)46-43-40-37-34-31-21-18-15-12-9-6-3)60-54(57)48-45-42-39-36-33-30-27-25-23-20-17-14-11-8-5-2/h51H,4-50H2,1-3H3/t51-/m1/s1. The molecule has 0 radical (unpaired) electrons. The summed E-state index contributed by atoms with van der Waals surface area (Å²) >= 11 is 0. The summed E-state index contributed by atoms with van der Waals surface area (Å²) in [6.07, 6.45) is 53.7. The van der Waals surface area contributed by atoms with Gasteiger partial charge in [-0.25, -0.2) is 0 Å². The first-order valence-corrected chi connectivity index (χ1v) is 27.0. The van der Waals surface area contributed by atoms with Crippen molar-refractivity contribution in [1.29, 1.82) is 0 Å². The molecule has 0 heterocycles. The predicted molar refractivity (Wildman–Crippen MR) is 257 cm³/mol. The van der Waals surface area contributed by atoms with Gasteiger partial charge in [-0.1, -0.05) is 271 Å². The van der Waals surface area contributed by atoms with Crippen LogP contribution in [0.4, 0.5) is 0 Å². The molecule has 0 aromatic heterocycles. The minimum Gasteiger partial charge on any atom is -0.462 e. The van der Waals surface area contributed by atoms with Crippen molar-refractivity contribution in [3.8, 4) is 0 Å². The van der Waals surface area contributed by atoms with Crippen LogP contribution in [0, 0.1) is 0 Å². The van der Waals surface area contributed by atoms with Gasteiger partial charge in [-0.05, 0) is 19.3 Å². The lowest BCUT2D eigenvalue weighted by Gasteiger charge is -2.18. The van der Waals surface area contributed by atoms with Gasteiger partial charge in [0, 0.05) is 19.3 Å². The first-order valence-electron chi connectivity index (χ1n) is 27.0. The first kappa shape index (κ1) is 58.4. The number of unbranched alkanes of at least 4 members (excludes halogenated alkanes) is 39. The maximum atomic E-state index is 12.8. The van der Waals surface area contributed by atoms with E-state index in [1.54, 1.807) is 0 Å². The molecule has 60 heavy (non-hydrogen) atoms. The highest BCUT2D eigenvalue weighted by atomic mass is 16.6. The summed E-state index contributed by atoms with van der Waals surface area (Å²) in [5.41, 5.74) is 0. The highest BCUT2D eigenvalue weighted by molar-refractivity contribution is 5.71. The third-order valence-corrected chi connectivity index (χ3v) is 12.4. The van der Waals surface area contributed by atoms with Gasteiger partial charge in [-0.3, -0.25) is 14.4 Å². The van der Waals surface area contributed by atoms with Crippen LogP contribution in [0.2, 0.25) is 0 Å². The Hall–Kier alpha value is -1.59. The minimum absolute atomic E-state index is 0.0615. The summed E-state index contributed by atoms with van der Waals surface area (Å²) in [6, 6.07) is 0. The average Bonchev–Trinajstić information content (AvgIpc) is 3.24. The molecule has 0 aliphatic heterocycles. The third kappa shape index (κ3) is 47.5. The molecule has 0 rings (SSSR count). The van der Waals surface area contributed by atoms with Gasteiger partial charge < -0.3 is 14.2 Å². The number of ether oxygens (including phenoxy) is 3. The first-order chi connectivity index (χ1) is 29.5. The fourth-order valence-corrected chi connectivity index (χ4v) is 8.27. The molecule has 0 N–H and O–H groups in total. The molecule has 1 atom stereocenters. The lowest BCUT2D eigenvalue weighted by molar-refractivity contribution is -0.167. The van der Waals surface area contributed by atoms with Crippen molar-refractivity contribution >= 4 is 17.9 Å². The van der Waals surface area contributed by atoms with Crippen LogP contribution in [0.25, 0.3) is 0 Å². The highest BCUT2D eigenvalue weighted by Crippen LogP contribution is 2.17. The number of rotatable bonds is 50. The van der Waals surface area contributed by atoms with Gasteiger partial charge in [-0.15, -0.1) is 0 Å². The molecule has 0 spiro atoms. The molecule has 6 heteroatoms. The Kier molecular flexibility index (Phi) is 48.7. The van der Waals surface area contributed by atoms with E-state index in [4.69, 9.17) is 14.2 Å². The van der Waals surface area contributed by atoms with E-state index in [0.717, 1.165) is 57.8 Å². The second-order valence-corrected chi connectivity index (χ2v) is 18.5. The van der Waals surface area contributed by atoms with E-state index in [2.05, 4.69) is 20.8 Å². The van der Waals surface area contributed by atoms with Crippen molar-refractivity contribution < 1.29 is 28.6 Å². The summed E-state index contributed by atoms with van der Waals surface area (Å²) in [6.45, 7) is 6.69. The fraction of sp³-hybridized carbons (Fsp3) is 0.944. The SMILES string of the molecule is CCCCCCCCCCCCCCCCCCC(=O)OC[C@@H](COC(=O)CCCCCCCCCCCCC)OC(=O)CCCCCCCCCCCCCCCCC. The van der Waals surface area contributed by atoms with E-state index in [1.165, 1.54) is 212 Å². The second kappa shape index (κ2) is 50.1. The van der Waals surface area contributed by atoms with Gasteiger partial charge in [-0.2, -0.15) is 0 Å². The van der Waals surface area contributed by atoms with Crippen molar-refractivity contribution in [2.75, 3.05) is 13.2 Å². The van der Waals surface area contributed by atoms with E-state index in [-0.39, 0.29) is 31.1 Å². The molecule has 0 aliphatic carbocycles. The zero-order chi connectivity index (χ0) is 43.7.